The van der Waals surface area contributed by atoms with E-state index in [4.69, 9.17) is 5.73 Å². The fourth-order valence-corrected chi connectivity index (χ4v) is 2.34. The molecule has 1 atom stereocenters. The third kappa shape index (κ3) is 3.76. The zero-order chi connectivity index (χ0) is 15.6. The summed E-state index contributed by atoms with van der Waals surface area (Å²) in [7, 11) is 4.01. The fourth-order valence-electron chi connectivity index (χ4n) is 2.34. The van der Waals surface area contributed by atoms with Crippen molar-refractivity contribution in [1.82, 2.24) is 15.2 Å². The summed E-state index contributed by atoms with van der Waals surface area (Å²) in [5.41, 5.74) is 7.95. The van der Waals surface area contributed by atoms with Crippen molar-refractivity contribution >= 4 is 22.5 Å². The Bertz CT molecular complexity index is 630. The second-order valence-corrected chi connectivity index (χ2v) is 6.12. The first-order valence-corrected chi connectivity index (χ1v) is 7.20. The van der Waals surface area contributed by atoms with Gasteiger partial charge in [-0.15, -0.1) is 0 Å². The Hall–Kier alpha value is -2.01. The van der Waals surface area contributed by atoms with Crippen molar-refractivity contribution in [1.29, 1.82) is 0 Å². The normalized spacial score (nSPS) is 13.0. The van der Waals surface area contributed by atoms with Gasteiger partial charge in [0.25, 0.3) is 5.91 Å². The first-order chi connectivity index (χ1) is 9.86. The quantitative estimate of drug-likeness (QED) is 0.737. The number of likely N-dealkylation sites (N-methyl/N-ethyl adjacent to an activating group) is 1. The van der Waals surface area contributed by atoms with E-state index in [1.807, 2.05) is 38.4 Å². The highest BCUT2D eigenvalue weighted by Gasteiger charge is 2.19. The van der Waals surface area contributed by atoms with Crippen molar-refractivity contribution < 1.29 is 4.79 Å². The van der Waals surface area contributed by atoms with E-state index in [1.165, 1.54) is 0 Å². The maximum Gasteiger partial charge on any atom is 0.267 e. The number of rotatable bonds is 5. The van der Waals surface area contributed by atoms with Crippen molar-refractivity contribution in [3.8, 4) is 0 Å². The van der Waals surface area contributed by atoms with Gasteiger partial charge in [0.05, 0.1) is 0 Å². The minimum absolute atomic E-state index is 0.0784. The van der Waals surface area contributed by atoms with Gasteiger partial charge in [0.1, 0.15) is 5.69 Å². The smallest absolute Gasteiger partial charge is 0.267 e. The van der Waals surface area contributed by atoms with Gasteiger partial charge in [0.2, 0.25) is 0 Å². The molecule has 1 aromatic carbocycles. The number of nitrogens with two attached hydrogens (primary N) is 1. The van der Waals surface area contributed by atoms with Crippen molar-refractivity contribution in [3.05, 3.63) is 30.0 Å². The van der Waals surface area contributed by atoms with Crippen molar-refractivity contribution in [2.45, 2.75) is 19.9 Å². The molecule has 1 heterocycles. The van der Waals surface area contributed by atoms with Crippen LogP contribution in [0.2, 0.25) is 0 Å². The third-order valence-electron chi connectivity index (χ3n) is 3.57. The molecule has 5 nitrogen and oxygen atoms in total. The van der Waals surface area contributed by atoms with Crippen LogP contribution in [0.15, 0.2) is 24.3 Å². The standard InChI is InChI=1S/C16H24N4O/c1-10(2)15(9-20(3)4)19-16(21)14-8-11-7-12(17)5-6-13(11)18-14/h5-8,10,15,18H,9,17H2,1-4H3,(H,19,21). The molecule has 1 unspecified atom stereocenters. The lowest BCUT2D eigenvalue weighted by atomic mass is 10.0. The second kappa shape index (κ2) is 6.18. The van der Waals surface area contributed by atoms with Crippen LogP contribution in [-0.2, 0) is 0 Å². The van der Waals surface area contributed by atoms with Crippen LogP contribution in [0.5, 0.6) is 0 Å². The van der Waals surface area contributed by atoms with Gasteiger partial charge < -0.3 is 20.9 Å². The van der Waals surface area contributed by atoms with Crippen molar-refractivity contribution in [2.75, 3.05) is 26.4 Å². The van der Waals surface area contributed by atoms with Crippen LogP contribution < -0.4 is 11.1 Å². The molecule has 0 spiro atoms. The average molecular weight is 288 g/mol. The molecule has 1 aromatic heterocycles. The molecule has 2 aromatic rings. The molecular formula is C16H24N4O. The summed E-state index contributed by atoms with van der Waals surface area (Å²) in [4.78, 5) is 17.6. The second-order valence-electron chi connectivity index (χ2n) is 6.12. The van der Waals surface area contributed by atoms with Crippen molar-refractivity contribution in [2.24, 2.45) is 5.92 Å². The lowest BCUT2D eigenvalue weighted by Crippen LogP contribution is -2.45. The number of benzene rings is 1. The van der Waals surface area contributed by atoms with Gasteiger partial charge in [0.15, 0.2) is 0 Å². The predicted molar refractivity (Wildman–Crippen MR) is 87.4 cm³/mol. The predicted octanol–water partition coefficient (Wildman–Crippen LogP) is 2.07. The van der Waals surface area contributed by atoms with Crippen LogP contribution in [0.25, 0.3) is 10.9 Å². The minimum Gasteiger partial charge on any atom is -0.399 e. The Morgan fingerprint density at radius 1 is 1.33 bits per heavy atom. The molecule has 21 heavy (non-hydrogen) atoms. The molecule has 0 aliphatic heterocycles. The number of hydrogen-bond donors (Lipinski definition) is 3. The molecule has 5 heteroatoms. The van der Waals surface area contributed by atoms with Gasteiger partial charge in [-0.2, -0.15) is 0 Å². The maximum absolute atomic E-state index is 12.4. The summed E-state index contributed by atoms with van der Waals surface area (Å²) in [6.45, 7) is 5.04. The van der Waals surface area contributed by atoms with E-state index >= 15 is 0 Å². The highest BCUT2D eigenvalue weighted by molar-refractivity contribution is 5.98. The summed E-state index contributed by atoms with van der Waals surface area (Å²) in [6, 6.07) is 7.53. The number of H-pyrrole nitrogens is 1. The number of carbonyl (C=O) groups is 1. The third-order valence-corrected chi connectivity index (χ3v) is 3.57. The van der Waals surface area contributed by atoms with E-state index in [0.717, 1.165) is 17.4 Å². The summed E-state index contributed by atoms with van der Waals surface area (Å²) in [5, 5.41) is 4.05. The fraction of sp³-hybridized carbons (Fsp3) is 0.438. The number of nitrogens with zero attached hydrogens (tertiary/aromatic N) is 1. The Morgan fingerprint density at radius 2 is 2.05 bits per heavy atom. The Morgan fingerprint density at radius 3 is 2.67 bits per heavy atom. The van der Waals surface area contributed by atoms with Crippen LogP contribution in [-0.4, -0.2) is 42.5 Å². The average Bonchev–Trinajstić information content (AvgIpc) is 2.80. The van der Waals surface area contributed by atoms with Gasteiger partial charge in [-0.25, -0.2) is 0 Å². The molecule has 1 amide bonds. The van der Waals surface area contributed by atoms with Crippen LogP contribution in [0.1, 0.15) is 24.3 Å². The lowest BCUT2D eigenvalue weighted by Gasteiger charge is -2.25. The molecular weight excluding hydrogens is 264 g/mol. The van der Waals surface area contributed by atoms with Crippen LogP contribution in [0.3, 0.4) is 0 Å². The first kappa shape index (κ1) is 15.4. The topological polar surface area (TPSA) is 74.2 Å². The Kier molecular flexibility index (Phi) is 4.53. The zero-order valence-electron chi connectivity index (χ0n) is 13.1. The number of nitrogen functional groups attached to an aromatic ring is 1. The summed E-state index contributed by atoms with van der Waals surface area (Å²) in [5.74, 6) is 0.293. The molecule has 0 radical (unpaired) electrons. The number of fused-ring (bicyclic) bond motifs is 1. The van der Waals surface area contributed by atoms with E-state index < -0.39 is 0 Å². The highest BCUT2D eigenvalue weighted by atomic mass is 16.1. The molecule has 114 valence electrons. The highest BCUT2D eigenvalue weighted by Crippen LogP contribution is 2.18. The lowest BCUT2D eigenvalue weighted by molar-refractivity contribution is 0.0912. The monoisotopic (exact) mass is 288 g/mol. The summed E-state index contributed by atoms with van der Waals surface area (Å²) in [6.07, 6.45) is 0. The number of hydrogen-bond acceptors (Lipinski definition) is 3. The van der Waals surface area contributed by atoms with Crippen LogP contribution in [0, 0.1) is 5.92 Å². The number of aromatic amines is 1. The molecule has 2 rings (SSSR count). The number of amides is 1. The zero-order valence-corrected chi connectivity index (χ0v) is 13.1. The SMILES string of the molecule is CC(C)C(CN(C)C)NC(=O)c1cc2cc(N)ccc2[nH]1. The van der Waals surface area contributed by atoms with Crippen LogP contribution in [0.4, 0.5) is 5.69 Å². The molecule has 0 saturated heterocycles. The number of nitrogens with one attached hydrogen (secondary N) is 2. The Labute approximate surface area is 125 Å². The van der Waals surface area contributed by atoms with Gasteiger partial charge in [-0.1, -0.05) is 13.8 Å². The Balaban J connectivity index is 2.17. The molecule has 4 N–H and O–H groups in total. The minimum atomic E-state index is -0.0784. The molecule has 0 bridgehead atoms. The van der Waals surface area contributed by atoms with Gasteiger partial charge >= 0.3 is 0 Å². The van der Waals surface area contributed by atoms with E-state index in [2.05, 4.69) is 29.0 Å². The van der Waals surface area contributed by atoms with Crippen molar-refractivity contribution in [3.63, 3.8) is 0 Å². The first-order valence-electron chi connectivity index (χ1n) is 7.20. The maximum atomic E-state index is 12.4. The molecule has 0 fully saturated rings. The molecule has 0 saturated carbocycles. The van der Waals surface area contributed by atoms with Gasteiger partial charge in [-0.3, -0.25) is 4.79 Å². The largest absolute Gasteiger partial charge is 0.399 e. The summed E-state index contributed by atoms with van der Waals surface area (Å²) >= 11 is 0. The van der Waals surface area contributed by atoms with Crippen LogP contribution >= 0.6 is 0 Å². The van der Waals surface area contributed by atoms with E-state index in [1.54, 1.807) is 0 Å². The molecule has 0 aliphatic carbocycles. The van der Waals surface area contributed by atoms with E-state index in [0.29, 0.717) is 17.3 Å². The number of anilines is 1. The number of aromatic nitrogens is 1. The van der Waals surface area contributed by atoms with Gasteiger partial charge in [0, 0.05) is 29.2 Å². The van der Waals surface area contributed by atoms with Gasteiger partial charge in [-0.05, 0) is 44.3 Å². The van der Waals surface area contributed by atoms with E-state index in [9.17, 15) is 4.79 Å². The summed E-state index contributed by atoms with van der Waals surface area (Å²) < 4.78 is 0. The number of carbonyl (C=O) groups excluding carboxylic acids is 1. The molecule has 0 aliphatic rings. The van der Waals surface area contributed by atoms with E-state index in [-0.39, 0.29) is 11.9 Å².